The molecule has 4 atom stereocenters. The number of non-ortho nitro benzene ring substituents is 1. The number of ether oxygens (including phenoxy) is 1. The molecular formula is C29H22N4O7. The summed E-state index contributed by atoms with van der Waals surface area (Å²) >= 11 is 0. The smallest absolute Gasteiger partial charge is 0.308 e. The summed E-state index contributed by atoms with van der Waals surface area (Å²) in [6.07, 6.45) is 3.73. The molecule has 0 spiro atoms. The largest absolute Gasteiger partial charge is 0.427 e. The van der Waals surface area contributed by atoms with E-state index in [4.69, 9.17) is 4.74 Å². The number of hydrogen-bond acceptors (Lipinski definition) is 8. The van der Waals surface area contributed by atoms with Gasteiger partial charge in [-0.25, -0.2) is 4.90 Å². The summed E-state index contributed by atoms with van der Waals surface area (Å²) in [5, 5.41) is 13.8. The lowest BCUT2D eigenvalue weighted by atomic mass is 9.88. The van der Waals surface area contributed by atoms with Gasteiger partial charge < -0.3 is 15.0 Å². The van der Waals surface area contributed by atoms with Crippen LogP contribution in [0.5, 0.6) is 5.75 Å². The number of esters is 1. The molecule has 3 aliphatic heterocycles. The standard InChI is InChI=1S/C29H22N4O7/c1-16(34)40-21-13-11-19(12-14-21)31-28(36)24-23-15-6-17-4-2-3-5-22(17)32(23)26(25(24)29(31)37)27(35)30-18-7-9-20(10-8-18)33(38)39/h2-15,23-26H,1H3,(H,30,35)/t23-,24+,25-,26+/m1/s1. The number of nitrogens with zero attached hydrogens (tertiary/aromatic N) is 3. The second-order valence-electron chi connectivity index (χ2n) is 9.70. The molecule has 11 nitrogen and oxygen atoms in total. The molecule has 1 N–H and O–H groups in total. The van der Waals surface area contributed by atoms with Crippen molar-refractivity contribution in [2.45, 2.75) is 19.0 Å². The van der Waals surface area contributed by atoms with E-state index in [1.54, 1.807) is 0 Å². The second kappa shape index (κ2) is 9.45. The van der Waals surface area contributed by atoms with Gasteiger partial charge >= 0.3 is 5.97 Å². The number of nitro benzene ring substituents is 1. The summed E-state index contributed by atoms with van der Waals surface area (Å²) in [6, 6.07) is 17.3. The van der Waals surface area contributed by atoms with Crippen LogP contribution in [-0.2, 0) is 19.2 Å². The Balaban J connectivity index is 1.37. The number of benzene rings is 3. The van der Waals surface area contributed by atoms with Crippen molar-refractivity contribution in [1.29, 1.82) is 0 Å². The third kappa shape index (κ3) is 3.99. The third-order valence-electron chi connectivity index (χ3n) is 7.39. The number of nitro groups is 1. The average Bonchev–Trinajstić information content (AvgIpc) is 3.42. The van der Waals surface area contributed by atoms with Gasteiger partial charge in [-0.1, -0.05) is 30.4 Å². The monoisotopic (exact) mass is 538 g/mol. The lowest BCUT2D eigenvalue weighted by Crippen LogP contribution is -2.50. The fourth-order valence-corrected chi connectivity index (χ4v) is 5.78. The molecule has 0 aromatic heterocycles. The quantitative estimate of drug-likeness (QED) is 0.171. The summed E-state index contributed by atoms with van der Waals surface area (Å²) in [6.45, 7) is 1.27. The van der Waals surface area contributed by atoms with Gasteiger partial charge in [0.15, 0.2) is 0 Å². The van der Waals surface area contributed by atoms with Crippen LogP contribution in [0.1, 0.15) is 12.5 Å². The number of anilines is 3. The molecule has 0 radical (unpaired) electrons. The number of amides is 3. The first-order valence-corrected chi connectivity index (χ1v) is 12.5. The van der Waals surface area contributed by atoms with Crippen LogP contribution in [0.2, 0.25) is 0 Å². The highest BCUT2D eigenvalue weighted by molar-refractivity contribution is 6.25. The highest BCUT2D eigenvalue weighted by Crippen LogP contribution is 2.49. The number of fused-ring (bicyclic) bond motifs is 5. The topological polar surface area (TPSA) is 139 Å². The summed E-state index contributed by atoms with van der Waals surface area (Å²) in [7, 11) is 0. The minimum atomic E-state index is -1.03. The molecule has 0 aliphatic carbocycles. The molecule has 3 amide bonds. The van der Waals surface area contributed by atoms with Crippen molar-refractivity contribution < 1.29 is 28.8 Å². The highest BCUT2D eigenvalue weighted by Gasteiger charge is 2.64. The van der Waals surface area contributed by atoms with Gasteiger partial charge in [0.1, 0.15) is 11.8 Å². The molecule has 0 saturated carbocycles. The molecule has 2 saturated heterocycles. The van der Waals surface area contributed by atoms with Gasteiger partial charge in [0.2, 0.25) is 17.7 Å². The number of carbonyl (C=O) groups excluding carboxylic acids is 4. The molecular weight excluding hydrogens is 516 g/mol. The number of nitrogens with one attached hydrogen (secondary N) is 1. The minimum absolute atomic E-state index is 0.124. The van der Waals surface area contributed by atoms with Crippen LogP contribution in [0.3, 0.4) is 0 Å². The van der Waals surface area contributed by atoms with Crippen molar-refractivity contribution in [3.05, 3.63) is 94.6 Å². The van der Waals surface area contributed by atoms with Crippen LogP contribution < -0.4 is 19.9 Å². The molecule has 3 aromatic carbocycles. The maximum atomic E-state index is 13.9. The van der Waals surface area contributed by atoms with Crippen molar-refractivity contribution in [3.8, 4) is 5.75 Å². The Labute approximate surface area is 227 Å². The van der Waals surface area contributed by atoms with Crippen molar-refractivity contribution in [3.63, 3.8) is 0 Å². The molecule has 3 heterocycles. The Morgan fingerprint density at radius 2 is 1.60 bits per heavy atom. The van der Waals surface area contributed by atoms with Crippen LogP contribution in [0.25, 0.3) is 6.08 Å². The molecule has 2 fully saturated rings. The van der Waals surface area contributed by atoms with E-state index in [1.807, 2.05) is 41.3 Å². The first kappa shape index (κ1) is 25.0. The Kier molecular flexibility index (Phi) is 5.91. The maximum absolute atomic E-state index is 13.9. The zero-order chi connectivity index (χ0) is 28.1. The van der Waals surface area contributed by atoms with Gasteiger partial charge in [0.25, 0.3) is 5.69 Å². The molecule has 3 aromatic rings. The average molecular weight is 539 g/mol. The van der Waals surface area contributed by atoms with Crippen LogP contribution in [-0.4, -0.2) is 40.7 Å². The first-order valence-electron chi connectivity index (χ1n) is 12.5. The van der Waals surface area contributed by atoms with E-state index in [-0.39, 0.29) is 11.4 Å². The van der Waals surface area contributed by atoms with E-state index >= 15 is 0 Å². The summed E-state index contributed by atoms with van der Waals surface area (Å²) in [4.78, 5) is 66.3. The number of hydrogen-bond donors (Lipinski definition) is 1. The predicted molar refractivity (Wildman–Crippen MR) is 144 cm³/mol. The molecule has 3 aliphatic rings. The van der Waals surface area contributed by atoms with E-state index < -0.39 is 52.5 Å². The summed E-state index contributed by atoms with van der Waals surface area (Å²) in [5.41, 5.74) is 2.09. The van der Waals surface area contributed by atoms with Gasteiger partial charge in [0.05, 0.1) is 28.5 Å². The maximum Gasteiger partial charge on any atom is 0.308 e. The van der Waals surface area contributed by atoms with E-state index in [0.717, 1.165) is 16.2 Å². The molecule has 0 unspecified atom stereocenters. The van der Waals surface area contributed by atoms with Gasteiger partial charge in [-0.2, -0.15) is 0 Å². The van der Waals surface area contributed by atoms with Gasteiger partial charge in [-0.3, -0.25) is 29.3 Å². The van der Waals surface area contributed by atoms with Crippen molar-refractivity contribution in [2.75, 3.05) is 15.1 Å². The van der Waals surface area contributed by atoms with Gasteiger partial charge in [-0.05, 0) is 48.0 Å². The van der Waals surface area contributed by atoms with E-state index in [2.05, 4.69) is 5.32 Å². The Bertz CT molecular complexity index is 1600. The zero-order valence-electron chi connectivity index (χ0n) is 21.1. The Hall–Kier alpha value is -5.32. The van der Waals surface area contributed by atoms with Crippen LogP contribution in [0, 0.1) is 22.0 Å². The van der Waals surface area contributed by atoms with Crippen molar-refractivity contribution in [2.24, 2.45) is 11.8 Å². The Morgan fingerprint density at radius 3 is 2.27 bits per heavy atom. The summed E-state index contributed by atoms with van der Waals surface area (Å²) in [5.74, 6) is -3.49. The highest BCUT2D eigenvalue weighted by atomic mass is 16.6. The number of rotatable bonds is 5. The van der Waals surface area contributed by atoms with Gasteiger partial charge in [-0.15, -0.1) is 0 Å². The predicted octanol–water partition coefficient (Wildman–Crippen LogP) is 3.55. The lowest BCUT2D eigenvalue weighted by molar-refractivity contribution is -0.384. The van der Waals surface area contributed by atoms with Gasteiger partial charge in [0, 0.05) is 30.4 Å². The minimum Gasteiger partial charge on any atom is -0.427 e. The molecule has 6 rings (SSSR count). The number of imide groups is 1. The zero-order valence-corrected chi connectivity index (χ0v) is 21.1. The van der Waals surface area contributed by atoms with Crippen LogP contribution >= 0.6 is 0 Å². The van der Waals surface area contributed by atoms with Crippen molar-refractivity contribution >= 4 is 52.5 Å². The lowest BCUT2D eigenvalue weighted by Gasteiger charge is -2.36. The second-order valence-corrected chi connectivity index (χ2v) is 9.70. The normalized spacial score (nSPS) is 22.4. The summed E-state index contributed by atoms with van der Waals surface area (Å²) < 4.78 is 5.06. The fraction of sp³-hybridized carbons (Fsp3) is 0.172. The SMILES string of the molecule is CC(=O)Oc1ccc(N2C(=O)[C@@H]3[C@@H](C2=O)[C@@H](C(=O)Nc2ccc([N+](=O)[O-])cc2)N2c4ccccc4C=C[C@H]32)cc1. The molecule has 200 valence electrons. The van der Waals surface area contributed by atoms with E-state index in [9.17, 15) is 29.3 Å². The Morgan fingerprint density at radius 1 is 0.925 bits per heavy atom. The first-order chi connectivity index (χ1) is 19.2. The van der Waals surface area contributed by atoms with Crippen molar-refractivity contribution in [1.82, 2.24) is 0 Å². The third-order valence-corrected chi connectivity index (χ3v) is 7.39. The number of para-hydroxylation sites is 1. The fourth-order valence-electron chi connectivity index (χ4n) is 5.78. The van der Waals surface area contributed by atoms with E-state index in [0.29, 0.717) is 11.4 Å². The van der Waals surface area contributed by atoms with Crippen LogP contribution in [0.4, 0.5) is 22.7 Å². The molecule has 11 heteroatoms. The van der Waals surface area contributed by atoms with Crippen LogP contribution in [0.15, 0.2) is 78.9 Å². The molecule has 40 heavy (non-hydrogen) atoms. The van der Waals surface area contributed by atoms with E-state index in [1.165, 1.54) is 55.5 Å². The number of carbonyl (C=O) groups is 4. The molecule has 0 bridgehead atoms.